The van der Waals surface area contributed by atoms with Gasteiger partial charge in [-0.1, -0.05) is 12.1 Å². The standard InChI is InChI=1S/C24H23FINO3/c1-3-28-21-10-8-20(9-11-21)27-15-18-13-22(26)24(23(14-18)29-4-2)30-16-17-6-5-7-19(25)12-17/h5-15H,3-4,16H2,1-2H3. The van der Waals surface area contributed by atoms with Crippen molar-refractivity contribution in [2.24, 2.45) is 4.99 Å². The molecule has 0 bridgehead atoms. The molecule has 0 aromatic heterocycles. The minimum absolute atomic E-state index is 0.257. The molecule has 0 fully saturated rings. The number of benzene rings is 3. The van der Waals surface area contributed by atoms with E-state index in [-0.39, 0.29) is 12.4 Å². The van der Waals surface area contributed by atoms with E-state index in [4.69, 9.17) is 14.2 Å². The van der Waals surface area contributed by atoms with Crippen LogP contribution in [0.3, 0.4) is 0 Å². The number of ether oxygens (including phenoxy) is 3. The minimum atomic E-state index is -0.281. The van der Waals surface area contributed by atoms with E-state index in [0.29, 0.717) is 24.7 Å². The molecule has 0 atom stereocenters. The third-order valence-electron chi connectivity index (χ3n) is 4.11. The summed E-state index contributed by atoms with van der Waals surface area (Å²) in [4.78, 5) is 4.53. The van der Waals surface area contributed by atoms with Gasteiger partial charge in [-0.3, -0.25) is 4.99 Å². The lowest BCUT2D eigenvalue weighted by molar-refractivity contribution is 0.267. The highest BCUT2D eigenvalue weighted by Crippen LogP contribution is 2.34. The molecule has 0 aliphatic carbocycles. The lowest BCUT2D eigenvalue weighted by atomic mass is 10.2. The SMILES string of the molecule is CCOc1ccc(N=Cc2cc(I)c(OCc3cccc(F)c3)c(OCC)c2)cc1. The first-order valence-corrected chi connectivity index (χ1v) is 10.8. The summed E-state index contributed by atoms with van der Waals surface area (Å²) in [5, 5.41) is 0. The summed E-state index contributed by atoms with van der Waals surface area (Å²) in [7, 11) is 0. The van der Waals surface area contributed by atoms with Gasteiger partial charge in [0.15, 0.2) is 11.5 Å². The number of halogens is 2. The zero-order valence-corrected chi connectivity index (χ0v) is 19.1. The second kappa shape index (κ2) is 11.0. The smallest absolute Gasteiger partial charge is 0.175 e. The third-order valence-corrected chi connectivity index (χ3v) is 4.92. The van der Waals surface area contributed by atoms with Crippen molar-refractivity contribution in [1.82, 2.24) is 0 Å². The van der Waals surface area contributed by atoms with E-state index < -0.39 is 0 Å². The van der Waals surface area contributed by atoms with E-state index in [9.17, 15) is 4.39 Å². The van der Waals surface area contributed by atoms with E-state index in [1.54, 1.807) is 12.3 Å². The fourth-order valence-corrected chi connectivity index (χ4v) is 3.57. The molecule has 0 heterocycles. The molecule has 0 amide bonds. The van der Waals surface area contributed by atoms with Gasteiger partial charge in [0, 0.05) is 6.21 Å². The van der Waals surface area contributed by atoms with Gasteiger partial charge < -0.3 is 14.2 Å². The second-order valence-corrected chi connectivity index (χ2v) is 7.53. The van der Waals surface area contributed by atoms with E-state index >= 15 is 0 Å². The normalized spacial score (nSPS) is 10.9. The maximum atomic E-state index is 13.4. The van der Waals surface area contributed by atoms with Gasteiger partial charge in [0.2, 0.25) is 0 Å². The van der Waals surface area contributed by atoms with Gasteiger partial charge in [-0.15, -0.1) is 0 Å². The Balaban J connectivity index is 1.77. The average Bonchev–Trinajstić information content (AvgIpc) is 2.73. The van der Waals surface area contributed by atoms with Crippen LogP contribution in [0.25, 0.3) is 0 Å². The van der Waals surface area contributed by atoms with Crippen molar-refractivity contribution >= 4 is 34.5 Å². The predicted octanol–water partition coefficient (Wildman–Crippen LogP) is 6.56. The summed E-state index contributed by atoms with van der Waals surface area (Å²) >= 11 is 2.21. The van der Waals surface area contributed by atoms with Crippen molar-refractivity contribution in [1.29, 1.82) is 0 Å². The molecule has 156 valence electrons. The molecule has 4 nitrogen and oxygen atoms in total. The summed E-state index contributed by atoms with van der Waals surface area (Å²) < 4.78 is 31.5. The van der Waals surface area contributed by atoms with E-state index in [0.717, 1.165) is 26.1 Å². The molecule has 3 aromatic carbocycles. The van der Waals surface area contributed by atoms with Crippen LogP contribution in [0, 0.1) is 9.39 Å². The zero-order valence-electron chi connectivity index (χ0n) is 16.9. The van der Waals surface area contributed by atoms with E-state index in [2.05, 4.69) is 27.6 Å². The van der Waals surface area contributed by atoms with Gasteiger partial charge in [0.1, 0.15) is 18.2 Å². The number of aliphatic imine (C=N–C) groups is 1. The van der Waals surface area contributed by atoms with Crippen molar-refractivity contribution in [2.45, 2.75) is 20.5 Å². The Morgan fingerprint density at radius 2 is 1.70 bits per heavy atom. The molecule has 0 saturated carbocycles. The Bertz CT molecular complexity index is 1010. The Kier molecular flexibility index (Phi) is 8.07. The minimum Gasteiger partial charge on any atom is -0.494 e. The summed E-state index contributed by atoms with van der Waals surface area (Å²) in [6.45, 7) is 5.27. The molecule has 0 aliphatic rings. The number of nitrogens with zero attached hydrogens (tertiary/aromatic N) is 1. The quantitative estimate of drug-likeness (QED) is 0.238. The van der Waals surface area contributed by atoms with Crippen LogP contribution in [-0.2, 0) is 6.61 Å². The maximum Gasteiger partial charge on any atom is 0.175 e. The van der Waals surface area contributed by atoms with Crippen LogP contribution in [0.15, 0.2) is 65.7 Å². The zero-order chi connectivity index (χ0) is 21.3. The Morgan fingerprint density at radius 3 is 2.40 bits per heavy atom. The Morgan fingerprint density at radius 1 is 0.933 bits per heavy atom. The average molecular weight is 519 g/mol. The molecule has 3 aromatic rings. The first kappa shape index (κ1) is 22.1. The van der Waals surface area contributed by atoms with E-state index in [1.165, 1.54) is 12.1 Å². The van der Waals surface area contributed by atoms with E-state index in [1.807, 2.05) is 56.3 Å². The largest absolute Gasteiger partial charge is 0.494 e. The fraction of sp³-hybridized carbons (Fsp3) is 0.208. The van der Waals surface area contributed by atoms with Crippen molar-refractivity contribution in [3.05, 3.63) is 81.2 Å². The van der Waals surface area contributed by atoms with Crippen LogP contribution in [0.4, 0.5) is 10.1 Å². The van der Waals surface area contributed by atoms with Gasteiger partial charge in [-0.2, -0.15) is 0 Å². The van der Waals surface area contributed by atoms with Crippen LogP contribution < -0.4 is 14.2 Å². The van der Waals surface area contributed by atoms with Crippen molar-refractivity contribution < 1.29 is 18.6 Å². The molecule has 3 rings (SSSR count). The van der Waals surface area contributed by atoms with Crippen LogP contribution in [0.1, 0.15) is 25.0 Å². The first-order chi connectivity index (χ1) is 14.6. The van der Waals surface area contributed by atoms with Crippen LogP contribution >= 0.6 is 22.6 Å². The highest BCUT2D eigenvalue weighted by atomic mass is 127. The first-order valence-electron chi connectivity index (χ1n) is 9.69. The molecule has 6 heteroatoms. The number of hydrogen-bond acceptors (Lipinski definition) is 4. The summed E-state index contributed by atoms with van der Waals surface area (Å²) in [5.74, 6) is 1.81. The molecular weight excluding hydrogens is 496 g/mol. The highest BCUT2D eigenvalue weighted by Gasteiger charge is 2.12. The topological polar surface area (TPSA) is 40.0 Å². The second-order valence-electron chi connectivity index (χ2n) is 6.37. The van der Waals surface area contributed by atoms with Gasteiger partial charge >= 0.3 is 0 Å². The van der Waals surface area contributed by atoms with Gasteiger partial charge in [0.25, 0.3) is 0 Å². The molecule has 0 aliphatic heterocycles. The van der Waals surface area contributed by atoms with Crippen molar-refractivity contribution in [3.8, 4) is 17.2 Å². The molecule has 30 heavy (non-hydrogen) atoms. The molecule has 0 saturated heterocycles. The summed E-state index contributed by atoms with van der Waals surface area (Å²) in [6.07, 6.45) is 1.79. The number of hydrogen-bond donors (Lipinski definition) is 0. The van der Waals surface area contributed by atoms with Gasteiger partial charge in [-0.05, 0) is 96.1 Å². The molecule has 0 N–H and O–H groups in total. The summed E-state index contributed by atoms with van der Waals surface area (Å²) in [5.41, 5.74) is 2.49. The molecule has 0 unspecified atom stereocenters. The predicted molar refractivity (Wildman–Crippen MR) is 126 cm³/mol. The maximum absolute atomic E-state index is 13.4. The third kappa shape index (κ3) is 6.19. The summed E-state index contributed by atoms with van der Waals surface area (Å²) in [6, 6.07) is 17.9. The molecular formula is C24H23FINO3. The Hall–Kier alpha value is -2.61. The number of rotatable bonds is 9. The molecule has 0 radical (unpaired) electrons. The lowest BCUT2D eigenvalue weighted by Crippen LogP contribution is -2.02. The molecule has 0 spiro atoms. The van der Waals surface area contributed by atoms with Crippen LogP contribution in [0.5, 0.6) is 17.2 Å². The van der Waals surface area contributed by atoms with Crippen molar-refractivity contribution in [3.63, 3.8) is 0 Å². The van der Waals surface area contributed by atoms with Crippen molar-refractivity contribution in [2.75, 3.05) is 13.2 Å². The fourth-order valence-electron chi connectivity index (χ4n) is 2.79. The monoisotopic (exact) mass is 519 g/mol. The van der Waals surface area contributed by atoms with Crippen LogP contribution in [0.2, 0.25) is 0 Å². The van der Waals surface area contributed by atoms with Gasteiger partial charge in [0.05, 0.1) is 22.5 Å². The highest BCUT2D eigenvalue weighted by molar-refractivity contribution is 14.1. The lowest BCUT2D eigenvalue weighted by Gasteiger charge is -2.15. The van der Waals surface area contributed by atoms with Crippen LogP contribution in [-0.4, -0.2) is 19.4 Å². The Labute approximate surface area is 189 Å². The van der Waals surface area contributed by atoms with Gasteiger partial charge in [-0.25, -0.2) is 4.39 Å².